The summed E-state index contributed by atoms with van der Waals surface area (Å²) in [5.41, 5.74) is 0.572. The lowest BCUT2D eigenvalue weighted by Gasteiger charge is -2.12. The van der Waals surface area contributed by atoms with Crippen molar-refractivity contribution in [3.8, 4) is 16.9 Å². The van der Waals surface area contributed by atoms with Gasteiger partial charge in [-0.2, -0.15) is 13.2 Å². The lowest BCUT2D eigenvalue weighted by Crippen LogP contribution is -2.08. The second kappa shape index (κ2) is 4.81. The van der Waals surface area contributed by atoms with Crippen molar-refractivity contribution in [1.82, 2.24) is 0 Å². The van der Waals surface area contributed by atoms with Crippen LogP contribution in [0, 0.1) is 19.7 Å². The Bertz CT molecular complexity index is 636. The summed E-state index contributed by atoms with van der Waals surface area (Å²) < 4.78 is 51.3. The maximum Gasteiger partial charge on any atom is 0.419 e. The van der Waals surface area contributed by atoms with E-state index in [-0.39, 0.29) is 11.3 Å². The van der Waals surface area contributed by atoms with Crippen molar-refractivity contribution in [2.45, 2.75) is 20.0 Å². The second-order valence-electron chi connectivity index (χ2n) is 4.65. The summed E-state index contributed by atoms with van der Waals surface area (Å²) in [5, 5.41) is 9.67. The number of phenols is 1. The molecule has 0 aliphatic rings. The Morgan fingerprint density at radius 1 is 0.900 bits per heavy atom. The Hall–Kier alpha value is -2.04. The van der Waals surface area contributed by atoms with Crippen LogP contribution in [0.3, 0.4) is 0 Å². The van der Waals surface area contributed by atoms with E-state index < -0.39 is 17.6 Å². The van der Waals surface area contributed by atoms with Crippen LogP contribution in [-0.4, -0.2) is 5.11 Å². The van der Waals surface area contributed by atoms with Gasteiger partial charge in [-0.25, -0.2) is 4.39 Å². The van der Waals surface area contributed by atoms with Gasteiger partial charge in [-0.3, -0.25) is 0 Å². The Kier molecular flexibility index (Phi) is 3.46. The summed E-state index contributed by atoms with van der Waals surface area (Å²) in [6, 6.07) is 6.00. The molecule has 0 fully saturated rings. The van der Waals surface area contributed by atoms with Gasteiger partial charge in [0.25, 0.3) is 0 Å². The zero-order chi connectivity index (χ0) is 15.1. The van der Waals surface area contributed by atoms with Crippen LogP contribution in [0.4, 0.5) is 17.6 Å². The van der Waals surface area contributed by atoms with Crippen LogP contribution in [0.1, 0.15) is 16.7 Å². The Balaban J connectivity index is 2.60. The van der Waals surface area contributed by atoms with Crippen molar-refractivity contribution in [2.75, 3.05) is 0 Å². The largest absolute Gasteiger partial charge is 0.507 e. The molecule has 1 N–H and O–H groups in total. The normalized spacial score (nSPS) is 11.7. The quantitative estimate of drug-likeness (QED) is 0.743. The van der Waals surface area contributed by atoms with Crippen molar-refractivity contribution >= 4 is 0 Å². The first-order valence-electron chi connectivity index (χ1n) is 5.87. The molecular formula is C15H12F4O. The van der Waals surface area contributed by atoms with Crippen LogP contribution in [-0.2, 0) is 6.18 Å². The van der Waals surface area contributed by atoms with Crippen LogP contribution >= 0.6 is 0 Å². The van der Waals surface area contributed by atoms with E-state index in [4.69, 9.17) is 0 Å². The van der Waals surface area contributed by atoms with Crippen molar-refractivity contribution in [3.05, 3.63) is 52.8 Å². The number of rotatable bonds is 1. The fourth-order valence-electron chi connectivity index (χ4n) is 2.04. The first kappa shape index (κ1) is 14.4. The van der Waals surface area contributed by atoms with Gasteiger partial charge >= 0.3 is 6.18 Å². The number of hydrogen-bond acceptors (Lipinski definition) is 1. The van der Waals surface area contributed by atoms with Gasteiger partial charge < -0.3 is 5.11 Å². The molecule has 20 heavy (non-hydrogen) atoms. The van der Waals surface area contributed by atoms with Crippen molar-refractivity contribution in [1.29, 1.82) is 0 Å². The van der Waals surface area contributed by atoms with Crippen molar-refractivity contribution < 1.29 is 22.7 Å². The molecular weight excluding hydrogens is 272 g/mol. The topological polar surface area (TPSA) is 20.2 Å². The molecule has 0 spiro atoms. The molecule has 0 aromatic heterocycles. The zero-order valence-electron chi connectivity index (χ0n) is 10.8. The average molecular weight is 284 g/mol. The van der Waals surface area contributed by atoms with Gasteiger partial charge in [-0.05, 0) is 60.4 Å². The smallest absolute Gasteiger partial charge is 0.419 e. The molecule has 0 atom stereocenters. The summed E-state index contributed by atoms with van der Waals surface area (Å²) in [6.45, 7) is 3.31. The van der Waals surface area contributed by atoms with E-state index in [9.17, 15) is 22.7 Å². The molecule has 0 bridgehead atoms. The summed E-state index contributed by atoms with van der Waals surface area (Å²) in [7, 11) is 0. The molecule has 1 nitrogen and oxygen atoms in total. The lowest BCUT2D eigenvalue weighted by molar-refractivity contribution is -0.139. The highest BCUT2D eigenvalue weighted by molar-refractivity contribution is 5.68. The third-order valence-corrected chi connectivity index (χ3v) is 3.10. The number of benzene rings is 2. The maximum atomic E-state index is 13.2. The second-order valence-corrected chi connectivity index (χ2v) is 4.65. The predicted molar refractivity (Wildman–Crippen MR) is 68.0 cm³/mol. The summed E-state index contributed by atoms with van der Waals surface area (Å²) in [6.07, 6.45) is -4.74. The maximum absolute atomic E-state index is 13.2. The van der Waals surface area contributed by atoms with Crippen molar-refractivity contribution in [3.63, 3.8) is 0 Å². The van der Waals surface area contributed by atoms with E-state index in [1.54, 1.807) is 26.0 Å². The Morgan fingerprint density at radius 2 is 1.45 bits per heavy atom. The van der Waals surface area contributed by atoms with E-state index in [1.165, 1.54) is 6.07 Å². The molecule has 2 rings (SSSR count). The van der Waals surface area contributed by atoms with E-state index in [2.05, 4.69) is 0 Å². The number of alkyl halides is 3. The van der Waals surface area contributed by atoms with Gasteiger partial charge in [-0.1, -0.05) is 6.07 Å². The van der Waals surface area contributed by atoms with Crippen LogP contribution in [0.5, 0.6) is 5.75 Å². The van der Waals surface area contributed by atoms with Gasteiger partial charge in [0.05, 0.1) is 5.56 Å². The minimum absolute atomic E-state index is 0.104. The van der Waals surface area contributed by atoms with E-state index in [0.717, 1.165) is 12.1 Å². The van der Waals surface area contributed by atoms with Crippen LogP contribution in [0.15, 0.2) is 30.3 Å². The standard InChI is InChI=1S/C15H12F4O/c1-8-5-11(6-9(2)14(8)20)10-3-4-13(16)12(7-10)15(17,18)19/h3-7,20H,1-2H3. The third-order valence-electron chi connectivity index (χ3n) is 3.10. The van der Waals surface area contributed by atoms with Gasteiger partial charge in [0, 0.05) is 0 Å². The highest BCUT2D eigenvalue weighted by Crippen LogP contribution is 2.35. The molecule has 0 saturated heterocycles. The number of aryl methyl sites for hydroxylation is 2. The summed E-state index contributed by atoms with van der Waals surface area (Å²) in [4.78, 5) is 0. The highest BCUT2D eigenvalue weighted by atomic mass is 19.4. The van der Waals surface area contributed by atoms with Gasteiger partial charge in [0.15, 0.2) is 0 Å². The van der Waals surface area contributed by atoms with E-state index in [0.29, 0.717) is 16.7 Å². The van der Waals surface area contributed by atoms with Gasteiger partial charge in [-0.15, -0.1) is 0 Å². The first-order chi connectivity index (χ1) is 9.20. The minimum atomic E-state index is -4.74. The molecule has 2 aromatic carbocycles. The minimum Gasteiger partial charge on any atom is -0.507 e. The molecule has 0 aliphatic carbocycles. The first-order valence-corrected chi connectivity index (χ1v) is 5.87. The average Bonchev–Trinajstić information content (AvgIpc) is 2.34. The molecule has 0 radical (unpaired) electrons. The zero-order valence-corrected chi connectivity index (χ0v) is 10.8. The van der Waals surface area contributed by atoms with E-state index in [1.807, 2.05) is 0 Å². The number of aromatic hydroxyl groups is 1. The number of halogens is 4. The fourth-order valence-corrected chi connectivity index (χ4v) is 2.04. The lowest BCUT2D eigenvalue weighted by atomic mass is 9.98. The molecule has 0 unspecified atom stereocenters. The predicted octanol–water partition coefficient (Wildman–Crippen LogP) is 4.83. The van der Waals surface area contributed by atoms with Gasteiger partial charge in [0.2, 0.25) is 0 Å². The fraction of sp³-hybridized carbons (Fsp3) is 0.200. The molecule has 2 aromatic rings. The SMILES string of the molecule is Cc1cc(-c2ccc(F)c(C(F)(F)F)c2)cc(C)c1O. The molecule has 0 heterocycles. The Morgan fingerprint density at radius 3 is 1.95 bits per heavy atom. The molecule has 0 amide bonds. The van der Waals surface area contributed by atoms with Gasteiger partial charge in [0.1, 0.15) is 11.6 Å². The monoisotopic (exact) mass is 284 g/mol. The number of phenolic OH excluding ortho intramolecular Hbond substituents is 1. The Labute approximate surface area is 113 Å². The molecule has 0 aliphatic heterocycles. The third kappa shape index (κ3) is 2.61. The van der Waals surface area contributed by atoms with Crippen LogP contribution in [0.2, 0.25) is 0 Å². The highest BCUT2D eigenvalue weighted by Gasteiger charge is 2.34. The van der Waals surface area contributed by atoms with Crippen LogP contribution in [0.25, 0.3) is 11.1 Å². The van der Waals surface area contributed by atoms with Crippen LogP contribution < -0.4 is 0 Å². The van der Waals surface area contributed by atoms with Crippen molar-refractivity contribution in [2.24, 2.45) is 0 Å². The summed E-state index contributed by atoms with van der Waals surface area (Å²) in [5.74, 6) is -1.19. The molecule has 106 valence electrons. The molecule has 0 saturated carbocycles. The summed E-state index contributed by atoms with van der Waals surface area (Å²) >= 11 is 0. The van der Waals surface area contributed by atoms with E-state index >= 15 is 0 Å². The molecule has 5 heteroatoms. The number of hydrogen-bond donors (Lipinski definition) is 1.